The van der Waals surface area contributed by atoms with Crippen LogP contribution in [0.15, 0.2) is 28.1 Å². The molecule has 0 aromatic carbocycles. The van der Waals surface area contributed by atoms with E-state index in [1.165, 1.54) is 0 Å². The Bertz CT molecular complexity index is 583. The fourth-order valence-electron chi connectivity index (χ4n) is 0.765. The highest BCUT2D eigenvalue weighted by Crippen LogP contribution is 2.59. The van der Waals surface area contributed by atoms with Crippen molar-refractivity contribution in [3.05, 3.63) is 28.1 Å². The first-order valence-corrected chi connectivity index (χ1v) is 6.65. The van der Waals surface area contributed by atoms with Crippen molar-refractivity contribution < 1.29 is 16.4 Å². The van der Waals surface area contributed by atoms with Crippen molar-refractivity contribution in [2.75, 3.05) is 0 Å². The zero-order valence-electron chi connectivity index (χ0n) is 18.6. The van der Waals surface area contributed by atoms with Crippen molar-refractivity contribution >= 4 is 47.0 Å². The third kappa shape index (κ3) is 2.08. The molecule has 0 nitrogen and oxygen atoms in total. The SMILES string of the molecule is [2H]C([2H])([2H])C1=C(C([2H])([2H])[2H])SC(=C2SC(C([2H])([2H])[2H])=C(C([2H])([2H])[2H])S2)S1. The van der Waals surface area contributed by atoms with Crippen LogP contribution in [0.1, 0.15) is 43.9 Å². The summed E-state index contributed by atoms with van der Waals surface area (Å²) in [6.07, 6.45) is 0. The van der Waals surface area contributed by atoms with Crippen LogP contribution in [0.5, 0.6) is 0 Å². The van der Waals surface area contributed by atoms with Gasteiger partial charge in [0.25, 0.3) is 0 Å². The van der Waals surface area contributed by atoms with Gasteiger partial charge in [-0.1, -0.05) is 47.0 Å². The van der Waals surface area contributed by atoms with E-state index in [9.17, 15) is 0 Å². The monoisotopic (exact) mass is 272 g/mol. The van der Waals surface area contributed by atoms with Crippen molar-refractivity contribution in [1.82, 2.24) is 0 Å². The van der Waals surface area contributed by atoms with Crippen molar-refractivity contribution in [1.29, 1.82) is 0 Å². The molecule has 0 bridgehead atoms. The van der Waals surface area contributed by atoms with E-state index in [2.05, 4.69) is 0 Å². The molecule has 76 valence electrons. The number of rotatable bonds is 0. The van der Waals surface area contributed by atoms with Gasteiger partial charge in [-0.25, -0.2) is 0 Å². The van der Waals surface area contributed by atoms with Gasteiger partial charge in [0.15, 0.2) is 0 Å². The Morgan fingerprint density at radius 2 is 0.929 bits per heavy atom. The maximum atomic E-state index is 7.54. The molecule has 0 unspecified atom stereocenters. The zero-order chi connectivity index (χ0) is 20.3. The molecule has 0 aromatic rings. The average Bonchev–Trinajstić information content (AvgIpc) is 3.00. The van der Waals surface area contributed by atoms with Crippen molar-refractivity contribution in [3.8, 4) is 0 Å². The van der Waals surface area contributed by atoms with Crippen LogP contribution in [0.25, 0.3) is 0 Å². The van der Waals surface area contributed by atoms with Crippen LogP contribution in [0, 0.1) is 0 Å². The Hall–Kier alpha value is 0.620. The minimum atomic E-state index is -2.63. The van der Waals surface area contributed by atoms with Crippen molar-refractivity contribution in [2.24, 2.45) is 0 Å². The first-order valence-electron chi connectivity index (χ1n) is 9.38. The zero-order valence-corrected chi connectivity index (χ0v) is 9.90. The highest BCUT2D eigenvalue weighted by atomic mass is 32.2. The predicted molar refractivity (Wildman–Crippen MR) is 74.1 cm³/mol. The van der Waals surface area contributed by atoms with E-state index in [4.69, 9.17) is 16.4 Å². The van der Waals surface area contributed by atoms with E-state index in [1.807, 2.05) is 0 Å². The smallest absolute Gasteiger partial charge is 0.0699 e. The van der Waals surface area contributed by atoms with Gasteiger partial charge in [-0.15, -0.1) is 0 Å². The quantitative estimate of drug-likeness (QED) is 0.564. The van der Waals surface area contributed by atoms with E-state index < -0.39 is 27.4 Å². The molecule has 0 amide bonds. The number of hydrogen-bond acceptors (Lipinski definition) is 4. The van der Waals surface area contributed by atoms with Crippen molar-refractivity contribution in [3.63, 3.8) is 0 Å². The Morgan fingerprint density at radius 1 is 0.643 bits per heavy atom. The molecule has 0 radical (unpaired) electrons. The predicted octanol–water partition coefficient (Wildman–Crippen LogP) is 5.58. The van der Waals surface area contributed by atoms with Crippen LogP contribution in [-0.2, 0) is 0 Å². The Kier molecular flexibility index (Phi) is 1.08. The van der Waals surface area contributed by atoms with Gasteiger partial charge in [0.05, 0.1) is 8.47 Å². The van der Waals surface area contributed by atoms with Crippen molar-refractivity contribution in [2.45, 2.75) is 27.4 Å². The molecule has 2 heterocycles. The minimum Gasteiger partial charge on any atom is -0.0849 e. The highest BCUT2D eigenvalue weighted by Gasteiger charge is 2.23. The second-order valence-electron chi connectivity index (χ2n) is 2.30. The second kappa shape index (κ2) is 4.24. The maximum absolute atomic E-state index is 7.54. The summed E-state index contributed by atoms with van der Waals surface area (Å²) in [4.78, 5) is -1.15. The third-order valence-corrected chi connectivity index (χ3v) is 6.32. The van der Waals surface area contributed by atoms with Gasteiger partial charge in [0.2, 0.25) is 0 Å². The van der Waals surface area contributed by atoms with Gasteiger partial charge in [0.1, 0.15) is 0 Å². The number of thioether (sulfide) groups is 4. The summed E-state index contributed by atoms with van der Waals surface area (Å²) < 4.78 is 91.1. The lowest BCUT2D eigenvalue weighted by Crippen LogP contribution is -1.66. The molecule has 0 aromatic heterocycles. The molecule has 0 aliphatic carbocycles. The number of hydrogen-bond donors (Lipinski definition) is 0. The van der Waals surface area contributed by atoms with Gasteiger partial charge in [-0.05, 0) is 47.0 Å². The second-order valence-corrected chi connectivity index (χ2v) is 6.90. The maximum Gasteiger partial charge on any atom is 0.0699 e. The summed E-state index contributed by atoms with van der Waals surface area (Å²) in [5, 5.41) is 0. The third-order valence-electron chi connectivity index (χ3n) is 1.36. The molecule has 0 atom stereocenters. The van der Waals surface area contributed by atoms with Crippen LogP contribution in [0.2, 0.25) is 0 Å². The molecule has 14 heavy (non-hydrogen) atoms. The summed E-state index contributed by atoms with van der Waals surface area (Å²) >= 11 is 2.96. The average molecular weight is 273 g/mol. The molecule has 0 saturated heterocycles. The Balaban J connectivity index is 2.44. The van der Waals surface area contributed by atoms with Crippen LogP contribution in [0.4, 0.5) is 0 Å². The normalized spacial score (nSPS) is 39.4. The summed E-state index contributed by atoms with van der Waals surface area (Å²) in [6, 6.07) is 0. The van der Waals surface area contributed by atoms with E-state index in [0.717, 1.165) is 47.0 Å². The van der Waals surface area contributed by atoms with Gasteiger partial charge in [-0.2, -0.15) is 0 Å². The lowest BCUT2D eigenvalue weighted by molar-refractivity contribution is 1.57. The van der Waals surface area contributed by atoms with E-state index in [-0.39, 0.29) is 28.1 Å². The molecule has 2 aliphatic rings. The first kappa shape index (κ1) is 3.56. The van der Waals surface area contributed by atoms with Crippen LogP contribution >= 0.6 is 47.0 Å². The molecule has 0 N–H and O–H groups in total. The molecular weight excluding hydrogens is 248 g/mol. The summed E-state index contributed by atoms with van der Waals surface area (Å²) in [6.45, 7) is -10.5. The van der Waals surface area contributed by atoms with Gasteiger partial charge in [-0.3, -0.25) is 0 Å². The van der Waals surface area contributed by atoms with Gasteiger partial charge in [0, 0.05) is 16.4 Å². The summed E-state index contributed by atoms with van der Waals surface area (Å²) in [7, 11) is 0. The van der Waals surface area contributed by atoms with Crippen LogP contribution in [-0.4, -0.2) is 0 Å². The van der Waals surface area contributed by atoms with E-state index in [0.29, 0.717) is 0 Å². The van der Waals surface area contributed by atoms with E-state index >= 15 is 0 Å². The van der Waals surface area contributed by atoms with Crippen LogP contribution in [0.3, 0.4) is 0 Å². The molecule has 0 saturated carbocycles. The topological polar surface area (TPSA) is 0 Å². The molecule has 2 rings (SSSR count). The molecular formula is C10H12S4. The lowest BCUT2D eigenvalue weighted by atomic mass is 10.6. The molecule has 0 fully saturated rings. The highest BCUT2D eigenvalue weighted by molar-refractivity contribution is 8.34. The van der Waals surface area contributed by atoms with Crippen LogP contribution < -0.4 is 0 Å². The Labute approximate surface area is 119 Å². The summed E-state index contributed by atoms with van der Waals surface area (Å²) in [5.74, 6) is 0. The van der Waals surface area contributed by atoms with E-state index in [1.54, 1.807) is 0 Å². The molecule has 4 heteroatoms. The van der Waals surface area contributed by atoms with Gasteiger partial charge < -0.3 is 0 Å². The fraction of sp³-hybridized carbons (Fsp3) is 0.400. The largest absolute Gasteiger partial charge is 0.0849 e. The number of allylic oxidation sites excluding steroid dienone is 4. The summed E-state index contributed by atoms with van der Waals surface area (Å²) in [5.41, 5.74) is 0. The fourth-order valence-corrected chi connectivity index (χ4v) is 5.04. The first-order chi connectivity index (χ1) is 11.4. The minimum absolute atomic E-state index is 0.276. The standard InChI is InChI=1S/C10H12S4/c1-5-6(2)12-9(11-5)10-13-7(3)8(4)14-10/h1-4H3/i1D3,2D3,3D3,4D3. The Morgan fingerprint density at radius 3 is 1.14 bits per heavy atom. The van der Waals surface area contributed by atoms with Gasteiger partial charge >= 0.3 is 0 Å². The molecule has 0 spiro atoms. The lowest BCUT2D eigenvalue weighted by Gasteiger charge is -2.00. The molecule has 2 aliphatic heterocycles.